The number of rotatable bonds is 30. The van der Waals surface area contributed by atoms with Crippen LogP contribution in [0.3, 0.4) is 0 Å². The number of primary amides is 2. The van der Waals surface area contributed by atoms with E-state index in [1.807, 2.05) is 48.5 Å². The minimum atomic E-state index is -1.03. The molecule has 1 aliphatic heterocycles. The maximum absolute atomic E-state index is 13.6. The number of hydrogen-bond acceptors (Lipinski definition) is 14. The highest BCUT2D eigenvalue weighted by Crippen LogP contribution is 2.40. The zero-order valence-electron chi connectivity index (χ0n) is 40.6. The lowest BCUT2D eigenvalue weighted by Crippen LogP contribution is -2.54. The summed E-state index contributed by atoms with van der Waals surface area (Å²) in [6.07, 6.45) is -0.446. The molecule has 8 amide bonds. The molecule has 2 heterocycles. The number of H-pyrrole nitrogens is 1. The van der Waals surface area contributed by atoms with Gasteiger partial charge in [-0.2, -0.15) is 0 Å². The van der Waals surface area contributed by atoms with Gasteiger partial charge in [-0.25, -0.2) is 9.59 Å². The van der Waals surface area contributed by atoms with Crippen LogP contribution in [0.4, 0.5) is 21.0 Å². The first-order valence-corrected chi connectivity index (χ1v) is 23.7. The van der Waals surface area contributed by atoms with Gasteiger partial charge >= 0.3 is 12.1 Å². The number of anilines is 2. The van der Waals surface area contributed by atoms with E-state index in [9.17, 15) is 33.6 Å². The summed E-state index contributed by atoms with van der Waals surface area (Å²) < 4.78 is 26.9. The lowest BCUT2D eigenvalue weighted by molar-refractivity contribution is -0.132. The molecule has 0 saturated carbocycles. The number of nitrogens with two attached hydrogens (primary N) is 2. The van der Waals surface area contributed by atoms with E-state index in [0.717, 1.165) is 22.4 Å². The maximum atomic E-state index is 13.6. The molecule has 0 saturated heterocycles. The van der Waals surface area contributed by atoms with Gasteiger partial charge < -0.3 is 66.6 Å². The summed E-state index contributed by atoms with van der Waals surface area (Å²) in [5.41, 5.74) is 16.0. The number of ether oxygens (including phenoxy) is 5. The first-order valence-electron chi connectivity index (χ1n) is 23.7. The Morgan fingerprint density at radius 1 is 0.694 bits per heavy atom. The Morgan fingerprint density at radius 3 is 2.03 bits per heavy atom. The first-order chi connectivity index (χ1) is 34.8. The lowest BCUT2D eigenvalue weighted by atomic mass is 9.95. The van der Waals surface area contributed by atoms with Crippen LogP contribution in [-0.4, -0.2) is 135 Å². The van der Waals surface area contributed by atoms with Crippen molar-refractivity contribution >= 4 is 53.0 Å². The van der Waals surface area contributed by atoms with Crippen molar-refractivity contribution in [2.24, 2.45) is 17.4 Å². The van der Waals surface area contributed by atoms with E-state index >= 15 is 0 Å². The van der Waals surface area contributed by atoms with Crippen LogP contribution >= 0.6 is 0 Å². The smallest absolute Gasteiger partial charge is 0.404 e. The average molecular weight is 1000 g/mol. The lowest BCUT2D eigenvalue weighted by Gasteiger charge is -2.28. The van der Waals surface area contributed by atoms with Gasteiger partial charge in [0.2, 0.25) is 29.5 Å². The number of urea groups is 1. The summed E-state index contributed by atoms with van der Waals surface area (Å²) in [7, 11) is 0. The number of nitrogens with zero attached hydrogens (tertiary/aromatic N) is 3. The van der Waals surface area contributed by atoms with E-state index in [0.29, 0.717) is 62.0 Å². The Hall–Kier alpha value is -7.47. The highest BCUT2D eigenvalue weighted by atomic mass is 16.6. The highest BCUT2D eigenvalue weighted by molar-refractivity contribution is 6.01. The molecule has 0 spiro atoms. The minimum absolute atomic E-state index is 0.0179. The molecular formula is C49H65N11O12. The summed E-state index contributed by atoms with van der Waals surface area (Å²) in [6, 6.07) is 19.1. The third-order valence-corrected chi connectivity index (χ3v) is 11.1. The fourth-order valence-electron chi connectivity index (χ4n) is 7.42. The number of carbonyl (C=O) groups is 7. The van der Waals surface area contributed by atoms with E-state index in [-0.39, 0.29) is 89.5 Å². The van der Waals surface area contributed by atoms with E-state index in [2.05, 4.69) is 42.0 Å². The fraction of sp³-hybridized carbons (Fsp3) is 0.449. The van der Waals surface area contributed by atoms with Gasteiger partial charge in [0.05, 0.1) is 70.8 Å². The molecule has 23 heteroatoms. The van der Waals surface area contributed by atoms with Gasteiger partial charge in [-0.3, -0.25) is 29.1 Å². The molecule has 0 aliphatic carbocycles. The molecule has 0 fully saturated rings. The van der Waals surface area contributed by atoms with E-state index in [4.69, 9.17) is 35.2 Å². The van der Waals surface area contributed by atoms with Crippen LogP contribution < -0.4 is 43.0 Å². The molecule has 10 N–H and O–H groups in total. The number of amides is 8. The second kappa shape index (κ2) is 29.7. The standard InChI is InChI=1S/C49H65N11O12/c1-32(2)43(47(65)55-38(11-7-20-53-48(50)66)46(64)54-35-15-13-33(14-16-35)31-72-49(51)67)56-41(62)19-22-68-24-26-70-28-29-71-27-25-69-23-21-52-40(61)17-18-42(63)60-30-34-8-3-4-9-36(34)44-45(58-59-57-44)37-10-5-6-12-39(37)60/h3-6,8-10,12-16,32,38,43H,7,11,17-31H2,1-2H3,(H2,51,67)(H,52,61)(H,54,64)(H,55,65)(H,56,62)(H3,50,53,66)(H,57,58,59)/t38-,43-/m1/s1. The number of aromatic nitrogens is 3. The van der Waals surface area contributed by atoms with Crippen molar-refractivity contribution in [3.05, 3.63) is 83.9 Å². The normalized spacial score (nSPS) is 12.5. The van der Waals surface area contributed by atoms with Crippen molar-refractivity contribution in [2.75, 3.05) is 76.2 Å². The third kappa shape index (κ3) is 18.4. The number of benzene rings is 3. The van der Waals surface area contributed by atoms with Gasteiger partial charge in [0.15, 0.2) is 0 Å². The molecule has 23 nitrogen and oxygen atoms in total. The number of hydrogen-bond donors (Lipinski definition) is 8. The molecule has 1 aliphatic rings. The highest BCUT2D eigenvalue weighted by Gasteiger charge is 2.30. The van der Waals surface area contributed by atoms with Gasteiger partial charge in [-0.15, -0.1) is 5.10 Å². The van der Waals surface area contributed by atoms with Crippen LogP contribution in [-0.2, 0) is 60.8 Å². The van der Waals surface area contributed by atoms with Crippen LogP contribution in [0.2, 0.25) is 0 Å². The minimum Gasteiger partial charge on any atom is -0.445 e. The molecule has 72 heavy (non-hydrogen) atoms. The molecule has 1 aromatic heterocycles. The van der Waals surface area contributed by atoms with Crippen LogP contribution in [0.1, 0.15) is 57.1 Å². The molecule has 0 unspecified atom stereocenters. The van der Waals surface area contributed by atoms with Gasteiger partial charge in [0.25, 0.3) is 0 Å². The van der Waals surface area contributed by atoms with Crippen LogP contribution in [0, 0.1) is 5.92 Å². The number of aromatic amines is 1. The molecular weight excluding hydrogens is 935 g/mol. The molecule has 4 aromatic rings. The Balaban J connectivity index is 0.891. The predicted octanol–water partition coefficient (Wildman–Crippen LogP) is 2.65. The van der Waals surface area contributed by atoms with Crippen molar-refractivity contribution < 1.29 is 57.2 Å². The van der Waals surface area contributed by atoms with Crippen LogP contribution in [0.25, 0.3) is 22.5 Å². The number of carbonyl (C=O) groups excluding carboxylic acids is 7. The Morgan fingerprint density at radius 2 is 1.35 bits per heavy atom. The second-order valence-corrected chi connectivity index (χ2v) is 16.8. The molecule has 2 atom stereocenters. The monoisotopic (exact) mass is 999 g/mol. The van der Waals surface area contributed by atoms with Crippen molar-refractivity contribution in [3.63, 3.8) is 0 Å². The maximum Gasteiger partial charge on any atom is 0.404 e. The van der Waals surface area contributed by atoms with Crippen molar-refractivity contribution in [1.29, 1.82) is 0 Å². The molecule has 388 valence electrons. The molecule has 0 bridgehead atoms. The quantitative estimate of drug-likeness (QED) is 0.0349. The first kappa shape index (κ1) is 55.5. The number of fused-ring (bicyclic) bond motifs is 5. The van der Waals surface area contributed by atoms with Crippen molar-refractivity contribution in [3.8, 4) is 22.5 Å². The summed E-state index contributed by atoms with van der Waals surface area (Å²) in [5.74, 6) is -2.30. The summed E-state index contributed by atoms with van der Waals surface area (Å²) >= 11 is 0. The van der Waals surface area contributed by atoms with Gasteiger partial charge in [-0.05, 0) is 48.1 Å². The number of para-hydroxylation sites is 1. The van der Waals surface area contributed by atoms with Crippen molar-refractivity contribution in [2.45, 2.75) is 71.2 Å². The van der Waals surface area contributed by atoms with Crippen LogP contribution in [0.15, 0.2) is 72.8 Å². The summed E-state index contributed by atoms with van der Waals surface area (Å²) in [5, 5.41) is 24.8. The van der Waals surface area contributed by atoms with Crippen molar-refractivity contribution in [1.82, 2.24) is 36.7 Å². The van der Waals surface area contributed by atoms with Gasteiger partial charge in [0, 0.05) is 49.2 Å². The summed E-state index contributed by atoms with van der Waals surface area (Å²) in [6.45, 7) is 6.33. The Labute approximate surface area is 417 Å². The topological polar surface area (TPSA) is 323 Å². The average Bonchev–Trinajstić information content (AvgIpc) is 3.84. The summed E-state index contributed by atoms with van der Waals surface area (Å²) in [4.78, 5) is 89.6. The zero-order valence-corrected chi connectivity index (χ0v) is 40.6. The second-order valence-electron chi connectivity index (χ2n) is 16.8. The van der Waals surface area contributed by atoms with E-state index < -0.39 is 41.9 Å². The zero-order chi connectivity index (χ0) is 51.7. The molecule has 3 aromatic carbocycles. The Kier molecular flexibility index (Phi) is 22.8. The van der Waals surface area contributed by atoms with E-state index in [1.165, 1.54) is 0 Å². The SMILES string of the molecule is CC(C)[C@@H](NC(=O)CCOCCOCCOCCOCCNC(=O)CCC(=O)N1Cc2ccccc2-c2[nH]nnc2-c2ccccc21)C(=O)N[C@H](CCCNC(N)=O)C(=O)Nc1ccc(COC(N)=O)cc1. The Bertz CT molecular complexity index is 2420. The predicted molar refractivity (Wildman–Crippen MR) is 264 cm³/mol. The third-order valence-electron chi connectivity index (χ3n) is 11.1. The number of nitrogens with one attached hydrogen (secondary N) is 6. The largest absolute Gasteiger partial charge is 0.445 e. The van der Waals surface area contributed by atoms with E-state index in [1.54, 1.807) is 43.0 Å². The van der Waals surface area contributed by atoms with Gasteiger partial charge in [-0.1, -0.05) is 73.7 Å². The fourth-order valence-corrected chi connectivity index (χ4v) is 7.42. The molecule has 5 rings (SSSR count). The van der Waals surface area contributed by atoms with Crippen LogP contribution in [0.5, 0.6) is 0 Å². The molecule has 0 radical (unpaired) electrons. The van der Waals surface area contributed by atoms with Gasteiger partial charge in [0.1, 0.15) is 24.4 Å².